The van der Waals surface area contributed by atoms with Gasteiger partial charge in [0.2, 0.25) is 0 Å². The van der Waals surface area contributed by atoms with E-state index in [0.717, 1.165) is 45.7 Å². The number of ether oxygens (including phenoxy) is 1. The number of nitrogens with zero attached hydrogens (tertiary/aromatic N) is 3. The van der Waals surface area contributed by atoms with Crippen LogP contribution in [-0.4, -0.2) is 72.1 Å². The molecule has 0 amide bonds. The van der Waals surface area contributed by atoms with E-state index in [-0.39, 0.29) is 5.97 Å². The van der Waals surface area contributed by atoms with Gasteiger partial charge < -0.3 is 4.74 Å². The van der Waals surface area contributed by atoms with Crippen LogP contribution in [0.5, 0.6) is 0 Å². The molecule has 0 unspecified atom stereocenters. The summed E-state index contributed by atoms with van der Waals surface area (Å²) in [6, 6.07) is 18.4. The number of piperazine rings is 1. The van der Waals surface area contributed by atoms with Crippen LogP contribution in [0.1, 0.15) is 61.2 Å². The van der Waals surface area contributed by atoms with E-state index in [4.69, 9.17) is 4.74 Å². The van der Waals surface area contributed by atoms with Crippen LogP contribution in [0, 0.1) is 0 Å². The number of hydrogen-bond donors (Lipinski definition) is 0. The molecule has 0 bridgehead atoms. The molecule has 0 aliphatic carbocycles. The molecule has 1 fully saturated rings. The van der Waals surface area contributed by atoms with Gasteiger partial charge in [0.15, 0.2) is 0 Å². The molecule has 0 radical (unpaired) electrons. The molecule has 4 rings (SSSR count). The molecule has 188 valence electrons. The maximum absolute atomic E-state index is 11.7. The summed E-state index contributed by atoms with van der Waals surface area (Å²) in [4.78, 5) is 19.5. The fraction of sp³-hybridized carbons (Fsp3) is 0.500. The molecule has 2 aliphatic rings. The predicted molar refractivity (Wildman–Crippen MR) is 143 cm³/mol. The van der Waals surface area contributed by atoms with Gasteiger partial charge >= 0.3 is 5.97 Å². The summed E-state index contributed by atoms with van der Waals surface area (Å²) in [5.74, 6) is -0.283. The third-order valence-corrected chi connectivity index (χ3v) is 7.65. The van der Waals surface area contributed by atoms with Gasteiger partial charge in [0, 0.05) is 57.4 Å². The van der Waals surface area contributed by atoms with Crippen molar-refractivity contribution in [1.29, 1.82) is 0 Å². The molecule has 2 aromatic carbocycles. The fourth-order valence-corrected chi connectivity index (χ4v) is 5.60. The Balaban J connectivity index is 1.40. The van der Waals surface area contributed by atoms with Crippen LogP contribution >= 0.6 is 0 Å². The number of hydrogen-bond acceptors (Lipinski definition) is 5. The molecule has 2 aromatic rings. The van der Waals surface area contributed by atoms with Crippen molar-refractivity contribution < 1.29 is 9.53 Å². The lowest BCUT2D eigenvalue weighted by Crippen LogP contribution is -2.55. The summed E-state index contributed by atoms with van der Waals surface area (Å²) in [7, 11) is 1.42. The maximum atomic E-state index is 11.7. The monoisotopic (exact) mass is 475 g/mol. The van der Waals surface area contributed by atoms with E-state index in [2.05, 4.69) is 72.7 Å². The van der Waals surface area contributed by atoms with E-state index in [0.29, 0.717) is 23.7 Å². The Morgan fingerprint density at radius 2 is 1.69 bits per heavy atom. The first-order chi connectivity index (χ1) is 16.9. The first-order valence-corrected chi connectivity index (χ1v) is 13.0. The highest BCUT2D eigenvalue weighted by molar-refractivity contribution is 5.89. The van der Waals surface area contributed by atoms with Crippen molar-refractivity contribution in [2.75, 3.05) is 33.3 Å². The van der Waals surface area contributed by atoms with Gasteiger partial charge in [-0.15, -0.1) is 0 Å². The lowest BCUT2D eigenvalue weighted by Gasteiger charge is -2.45. The number of benzene rings is 2. The lowest BCUT2D eigenvalue weighted by atomic mass is 9.93. The Labute approximate surface area is 211 Å². The van der Waals surface area contributed by atoms with Gasteiger partial charge in [-0.25, -0.2) is 4.79 Å². The second-order valence-corrected chi connectivity index (χ2v) is 10.5. The molecule has 5 nitrogen and oxygen atoms in total. The normalized spacial score (nSPS) is 22.3. The van der Waals surface area contributed by atoms with E-state index in [1.54, 1.807) is 0 Å². The minimum atomic E-state index is -0.283. The number of methoxy groups -OCH3 is 1. The molecule has 2 aliphatic heterocycles. The van der Waals surface area contributed by atoms with E-state index >= 15 is 0 Å². The van der Waals surface area contributed by atoms with Crippen LogP contribution in [0.4, 0.5) is 0 Å². The van der Waals surface area contributed by atoms with Gasteiger partial charge in [-0.2, -0.15) is 0 Å². The first kappa shape index (κ1) is 25.6. The number of carbonyl (C=O) groups excluding carboxylic acids is 1. The molecule has 0 saturated carbocycles. The smallest absolute Gasteiger partial charge is 0.337 e. The SMILES string of the molecule is COC(=O)c1ccc(CN2C[C@@H](C)N(Cc3ccccc3C3=CCN(C(C)C)CC3)[C@@H](C)C2)cc1. The Morgan fingerprint density at radius 3 is 2.29 bits per heavy atom. The summed E-state index contributed by atoms with van der Waals surface area (Å²) >= 11 is 0. The van der Waals surface area contributed by atoms with Gasteiger partial charge in [-0.05, 0) is 68.5 Å². The average molecular weight is 476 g/mol. The second kappa shape index (κ2) is 11.5. The number of esters is 1. The quantitative estimate of drug-likeness (QED) is 0.523. The van der Waals surface area contributed by atoms with Crippen LogP contribution in [-0.2, 0) is 17.8 Å². The van der Waals surface area contributed by atoms with Crippen molar-refractivity contribution in [3.05, 3.63) is 76.9 Å². The Morgan fingerprint density at radius 1 is 1.00 bits per heavy atom. The molecule has 0 aromatic heterocycles. The topological polar surface area (TPSA) is 36.0 Å². The van der Waals surface area contributed by atoms with Gasteiger partial charge in [0.1, 0.15) is 0 Å². The molecular formula is C30H41N3O2. The average Bonchev–Trinajstić information content (AvgIpc) is 2.86. The van der Waals surface area contributed by atoms with Gasteiger partial charge in [0.05, 0.1) is 12.7 Å². The van der Waals surface area contributed by atoms with E-state index in [9.17, 15) is 4.79 Å². The Hall–Kier alpha value is -2.47. The van der Waals surface area contributed by atoms with Crippen LogP contribution in [0.25, 0.3) is 5.57 Å². The Kier molecular flexibility index (Phi) is 8.42. The zero-order valence-corrected chi connectivity index (χ0v) is 22.0. The van der Waals surface area contributed by atoms with Crippen LogP contribution in [0.15, 0.2) is 54.6 Å². The minimum absolute atomic E-state index is 0.283. The molecule has 5 heteroatoms. The summed E-state index contributed by atoms with van der Waals surface area (Å²) in [5, 5.41) is 0. The molecule has 0 spiro atoms. The Bertz CT molecular complexity index is 1020. The number of carbonyl (C=O) groups is 1. The third kappa shape index (κ3) is 6.21. The predicted octanol–water partition coefficient (Wildman–Crippen LogP) is 5.07. The lowest BCUT2D eigenvalue weighted by molar-refractivity contribution is 0.0290. The fourth-order valence-electron chi connectivity index (χ4n) is 5.60. The third-order valence-electron chi connectivity index (χ3n) is 7.65. The molecule has 2 heterocycles. The summed E-state index contributed by atoms with van der Waals surface area (Å²) in [6.45, 7) is 15.4. The van der Waals surface area contributed by atoms with Crippen molar-refractivity contribution >= 4 is 11.5 Å². The first-order valence-electron chi connectivity index (χ1n) is 13.0. The van der Waals surface area contributed by atoms with Crippen LogP contribution in [0.2, 0.25) is 0 Å². The molecule has 0 N–H and O–H groups in total. The van der Waals surface area contributed by atoms with Crippen molar-refractivity contribution in [2.24, 2.45) is 0 Å². The van der Waals surface area contributed by atoms with E-state index < -0.39 is 0 Å². The largest absolute Gasteiger partial charge is 0.465 e. The van der Waals surface area contributed by atoms with Crippen molar-refractivity contribution in [3.8, 4) is 0 Å². The zero-order valence-electron chi connectivity index (χ0n) is 22.0. The maximum Gasteiger partial charge on any atom is 0.337 e. The summed E-state index contributed by atoms with van der Waals surface area (Å²) < 4.78 is 4.82. The molecule has 35 heavy (non-hydrogen) atoms. The summed E-state index contributed by atoms with van der Waals surface area (Å²) in [6.07, 6.45) is 3.57. The van der Waals surface area contributed by atoms with Crippen molar-refractivity contribution in [1.82, 2.24) is 14.7 Å². The molecule has 1 saturated heterocycles. The summed E-state index contributed by atoms with van der Waals surface area (Å²) in [5.41, 5.74) is 6.22. The second-order valence-electron chi connectivity index (χ2n) is 10.5. The molecular weight excluding hydrogens is 434 g/mol. The highest BCUT2D eigenvalue weighted by Crippen LogP contribution is 2.29. The van der Waals surface area contributed by atoms with Crippen LogP contribution in [0.3, 0.4) is 0 Å². The highest BCUT2D eigenvalue weighted by atomic mass is 16.5. The zero-order chi connectivity index (χ0) is 24.9. The standard InChI is InChI=1S/C30H41N3O2/c1-22(2)32-16-14-26(15-17-32)29-9-7-6-8-28(29)21-33-23(3)18-31(19-24(33)4)20-25-10-12-27(13-11-25)30(34)35-5/h6-14,22-24H,15-21H2,1-5H3/t23-,24+. The highest BCUT2D eigenvalue weighted by Gasteiger charge is 2.30. The molecule has 2 atom stereocenters. The number of rotatable bonds is 7. The van der Waals surface area contributed by atoms with Crippen molar-refractivity contribution in [3.63, 3.8) is 0 Å². The van der Waals surface area contributed by atoms with Gasteiger partial charge in [-0.3, -0.25) is 14.7 Å². The van der Waals surface area contributed by atoms with Crippen molar-refractivity contribution in [2.45, 2.75) is 65.3 Å². The van der Waals surface area contributed by atoms with Crippen LogP contribution < -0.4 is 0 Å². The van der Waals surface area contributed by atoms with Gasteiger partial charge in [0.25, 0.3) is 0 Å². The van der Waals surface area contributed by atoms with E-state index in [1.165, 1.54) is 29.4 Å². The minimum Gasteiger partial charge on any atom is -0.465 e. The van der Waals surface area contributed by atoms with E-state index in [1.807, 2.05) is 24.3 Å². The van der Waals surface area contributed by atoms with Gasteiger partial charge in [-0.1, -0.05) is 42.5 Å².